The summed E-state index contributed by atoms with van der Waals surface area (Å²) in [5.74, 6) is 0.487. The lowest BCUT2D eigenvalue weighted by Crippen LogP contribution is -2.27. The molecule has 154 valence electrons. The van der Waals surface area contributed by atoms with Crippen molar-refractivity contribution in [1.29, 1.82) is 0 Å². The van der Waals surface area contributed by atoms with E-state index in [0.29, 0.717) is 16.5 Å². The molecule has 8 heteroatoms. The number of nitrogens with zero attached hydrogens (tertiary/aromatic N) is 4. The summed E-state index contributed by atoms with van der Waals surface area (Å²) in [7, 11) is 0. The fraction of sp³-hybridized carbons (Fsp3) is 0.174. The molecule has 1 fully saturated rings. The Balaban J connectivity index is 1.49. The van der Waals surface area contributed by atoms with Crippen molar-refractivity contribution in [2.75, 3.05) is 5.32 Å². The Bertz CT molecular complexity index is 1270. The summed E-state index contributed by atoms with van der Waals surface area (Å²) in [4.78, 5) is 17.5. The van der Waals surface area contributed by atoms with Crippen LogP contribution in [0.4, 0.5) is 5.69 Å². The Morgan fingerprint density at radius 1 is 1.10 bits per heavy atom. The van der Waals surface area contributed by atoms with E-state index in [1.54, 1.807) is 6.20 Å². The third-order valence-corrected chi connectivity index (χ3v) is 5.88. The van der Waals surface area contributed by atoms with Crippen LogP contribution in [0.25, 0.3) is 22.5 Å². The van der Waals surface area contributed by atoms with Crippen molar-refractivity contribution in [2.24, 2.45) is 0 Å². The number of halogens is 1. The number of amides is 1. The number of hydrogen-bond donors (Lipinski definition) is 2. The highest BCUT2D eigenvalue weighted by Gasteiger charge is 2.51. The summed E-state index contributed by atoms with van der Waals surface area (Å²) in [6.45, 7) is 1.94. The van der Waals surface area contributed by atoms with Crippen LogP contribution in [-0.2, 0) is 10.2 Å². The minimum absolute atomic E-state index is 0.0380. The molecular formula is C23H19ClN6O. The number of tetrazole rings is 1. The molecule has 0 atom stereocenters. The number of rotatable bonds is 5. The molecule has 2 aromatic carbocycles. The Labute approximate surface area is 183 Å². The first-order valence-electron chi connectivity index (χ1n) is 9.94. The van der Waals surface area contributed by atoms with E-state index in [9.17, 15) is 4.79 Å². The first kappa shape index (κ1) is 19.4. The minimum atomic E-state index is -0.528. The van der Waals surface area contributed by atoms with Gasteiger partial charge in [0.05, 0.1) is 5.41 Å². The van der Waals surface area contributed by atoms with Gasteiger partial charge in [0, 0.05) is 28.2 Å². The van der Waals surface area contributed by atoms with Gasteiger partial charge >= 0.3 is 0 Å². The second-order valence-corrected chi connectivity index (χ2v) is 8.18. The Hall–Kier alpha value is -3.58. The summed E-state index contributed by atoms with van der Waals surface area (Å²) in [5, 5.41) is 18.0. The third kappa shape index (κ3) is 3.68. The van der Waals surface area contributed by atoms with Gasteiger partial charge in [-0.15, -0.1) is 5.10 Å². The molecule has 31 heavy (non-hydrogen) atoms. The molecule has 2 aromatic heterocycles. The van der Waals surface area contributed by atoms with E-state index in [-0.39, 0.29) is 5.91 Å². The number of carbonyl (C=O) groups excluding carboxylic acids is 1. The maximum Gasteiger partial charge on any atom is 0.235 e. The van der Waals surface area contributed by atoms with Crippen LogP contribution in [0.1, 0.15) is 24.1 Å². The number of pyridine rings is 1. The number of aromatic nitrogens is 5. The van der Waals surface area contributed by atoms with Crippen LogP contribution < -0.4 is 5.32 Å². The zero-order chi connectivity index (χ0) is 21.4. The van der Waals surface area contributed by atoms with Gasteiger partial charge in [0.15, 0.2) is 5.82 Å². The second-order valence-electron chi connectivity index (χ2n) is 7.74. The molecule has 0 bridgehead atoms. The zero-order valence-electron chi connectivity index (χ0n) is 16.8. The fourth-order valence-corrected chi connectivity index (χ4v) is 4.06. The minimum Gasteiger partial charge on any atom is -0.325 e. The van der Waals surface area contributed by atoms with Crippen molar-refractivity contribution in [3.05, 3.63) is 77.1 Å². The lowest BCUT2D eigenvalue weighted by Gasteiger charge is -2.17. The molecule has 2 N–H and O–H groups in total. The van der Waals surface area contributed by atoms with Crippen molar-refractivity contribution in [1.82, 2.24) is 25.6 Å². The highest BCUT2D eigenvalue weighted by molar-refractivity contribution is 6.30. The number of benzene rings is 2. The molecule has 4 aromatic rings. The molecule has 1 saturated carbocycles. The van der Waals surface area contributed by atoms with Crippen molar-refractivity contribution in [2.45, 2.75) is 25.2 Å². The van der Waals surface area contributed by atoms with Gasteiger partial charge in [0.25, 0.3) is 0 Å². The molecule has 0 aliphatic heterocycles. The molecule has 5 rings (SSSR count). The van der Waals surface area contributed by atoms with Gasteiger partial charge in [-0.3, -0.25) is 9.78 Å². The van der Waals surface area contributed by atoms with Gasteiger partial charge in [0.2, 0.25) is 5.91 Å². The average molecular weight is 431 g/mol. The van der Waals surface area contributed by atoms with E-state index in [1.165, 1.54) is 0 Å². The maximum atomic E-state index is 13.2. The van der Waals surface area contributed by atoms with Crippen molar-refractivity contribution < 1.29 is 4.79 Å². The van der Waals surface area contributed by atoms with E-state index in [1.807, 2.05) is 61.5 Å². The van der Waals surface area contributed by atoms with Gasteiger partial charge in [-0.05, 0) is 83.3 Å². The van der Waals surface area contributed by atoms with Gasteiger partial charge < -0.3 is 5.32 Å². The average Bonchev–Trinajstić information content (AvgIpc) is 3.41. The van der Waals surface area contributed by atoms with E-state index in [0.717, 1.165) is 40.8 Å². The van der Waals surface area contributed by atoms with Crippen LogP contribution in [0, 0.1) is 6.92 Å². The quantitative estimate of drug-likeness (QED) is 0.483. The molecule has 2 heterocycles. The lowest BCUT2D eigenvalue weighted by molar-refractivity contribution is -0.118. The topological polar surface area (TPSA) is 96.5 Å². The molecule has 0 radical (unpaired) electrons. The highest BCUT2D eigenvalue weighted by atomic mass is 35.5. The van der Waals surface area contributed by atoms with E-state index >= 15 is 0 Å². The van der Waals surface area contributed by atoms with Gasteiger partial charge in [-0.25, -0.2) is 5.10 Å². The summed E-state index contributed by atoms with van der Waals surface area (Å²) >= 11 is 6.15. The number of anilines is 1. The smallest absolute Gasteiger partial charge is 0.235 e. The molecule has 0 saturated heterocycles. The molecule has 7 nitrogen and oxygen atoms in total. The van der Waals surface area contributed by atoms with Crippen molar-refractivity contribution in [3.63, 3.8) is 0 Å². The molecule has 1 amide bonds. The lowest BCUT2D eigenvalue weighted by atomic mass is 9.94. The van der Waals surface area contributed by atoms with Crippen LogP contribution in [0.5, 0.6) is 0 Å². The molecule has 0 unspecified atom stereocenters. The molecule has 0 spiro atoms. The first-order chi connectivity index (χ1) is 15.0. The number of H-pyrrole nitrogens is 1. The van der Waals surface area contributed by atoms with Crippen LogP contribution >= 0.6 is 11.6 Å². The summed E-state index contributed by atoms with van der Waals surface area (Å²) in [5.41, 5.74) is 4.74. The number of hydrogen-bond acceptors (Lipinski definition) is 5. The molecule has 1 aliphatic rings. The highest BCUT2D eigenvalue weighted by Crippen LogP contribution is 2.49. The van der Waals surface area contributed by atoms with Crippen LogP contribution in [0.3, 0.4) is 0 Å². The van der Waals surface area contributed by atoms with Crippen LogP contribution in [0.15, 0.2) is 60.8 Å². The van der Waals surface area contributed by atoms with Gasteiger partial charge in [-0.2, -0.15) is 0 Å². The van der Waals surface area contributed by atoms with E-state index in [4.69, 9.17) is 11.6 Å². The Morgan fingerprint density at radius 2 is 1.97 bits per heavy atom. The second kappa shape index (κ2) is 7.59. The van der Waals surface area contributed by atoms with Gasteiger partial charge in [-0.1, -0.05) is 29.8 Å². The first-order valence-corrected chi connectivity index (χ1v) is 10.3. The van der Waals surface area contributed by atoms with Crippen molar-refractivity contribution >= 4 is 23.2 Å². The zero-order valence-corrected chi connectivity index (χ0v) is 17.5. The Kier molecular flexibility index (Phi) is 4.75. The molecule has 1 aliphatic carbocycles. The van der Waals surface area contributed by atoms with Crippen molar-refractivity contribution in [3.8, 4) is 22.5 Å². The summed E-state index contributed by atoms with van der Waals surface area (Å²) in [6.07, 6.45) is 3.36. The maximum absolute atomic E-state index is 13.2. The summed E-state index contributed by atoms with van der Waals surface area (Å²) in [6, 6.07) is 17.2. The van der Waals surface area contributed by atoms with E-state index < -0.39 is 5.41 Å². The number of aryl methyl sites for hydroxylation is 1. The van der Waals surface area contributed by atoms with E-state index in [2.05, 4.69) is 30.9 Å². The van der Waals surface area contributed by atoms with Crippen LogP contribution in [-0.4, -0.2) is 31.5 Å². The normalized spacial score (nSPS) is 14.3. The summed E-state index contributed by atoms with van der Waals surface area (Å²) < 4.78 is 0. The predicted octanol–water partition coefficient (Wildman–Crippen LogP) is 4.56. The molecular weight excluding hydrogens is 412 g/mol. The number of nitrogens with one attached hydrogen (secondary N) is 2. The third-order valence-electron chi connectivity index (χ3n) is 5.65. The number of aromatic amines is 1. The standard InChI is InChI=1S/C23H19ClN6O/c1-14-11-15(7-10-25-14)19-6-5-18(13-20(19)21-27-29-30-28-21)26-22(31)23(8-9-23)16-3-2-4-17(24)12-16/h2-7,10-13H,8-9H2,1H3,(H,26,31)(H,27,28,29,30). The Morgan fingerprint density at radius 3 is 2.68 bits per heavy atom. The van der Waals surface area contributed by atoms with Crippen LogP contribution in [0.2, 0.25) is 5.02 Å². The largest absolute Gasteiger partial charge is 0.325 e. The number of carbonyl (C=O) groups is 1. The van der Waals surface area contributed by atoms with Gasteiger partial charge in [0.1, 0.15) is 0 Å². The SMILES string of the molecule is Cc1cc(-c2ccc(NC(=O)C3(c4cccc(Cl)c4)CC3)cc2-c2nnn[nH]2)ccn1. The fourth-order valence-electron chi connectivity index (χ4n) is 3.86. The predicted molar refractivity (Wildman–Crippen MR) is 119 cm³/mol. The monoisotopic (exact) mass is 430 g/mol.